The molecular formula is C21H23N5O3S. The summed E-state index contributed by atoms with van der Waals surface area (Å²) in [5, 5.41) is 4.80. The van der Waals surface area contributed by atoms with Crippen LogP contribution in [0.4, 0.5) is 10.7 Å². The normalized spacial score (nSPS) is 16.3. The lowest BCUT2D eigenvalue weighted by atomic mass is 10.1. The fourth-order valence-corrected chi connectivity index (χ4v) is 4.15. The molecular weight excluding hydrogens is 402 g/mol. The van der Waals surface area contributed by atoms with Gasteiger partial charge in [0.2, 0.25) is 11.9 Å². The van der Waals surface area contributed by atoms with E-state index in [-0.39, 0.29) is 17.3 Å². The maximum absolute atomic E-state index is 11.8. The Kier molecular flexibility index (Phi) is 5.63. The predicted molar refractivity (Wildman–Crippen MR) is 118 cm³/mol. The molecule has 30 heavy (non-hydrogen) atoms. The van der Waals surface area contributed by atoms with E-state index < -0.39 is 5.25 Å². The molecule has 0 aliphatic carbocycles. The van der Waals surface area contributed by atoms with Crippen molar-refractivity contribution in [3.63, 3.8) is 0 Å². The summed E-state index contributed by atoms with van der Waals surface area (Å²) >= 11 is 1.02. The molecule has 2 aromatic heterocycles. The molecule has 8 nitrogen and oxygen atoms in total. The maximum Gasteiger partial charge on any atom is 0.286 e. The minimum atomic E-state index is -0.401. The van der Waals surface area contributed by atoms with Gasteiger partial charge in [0.25, 0.3) is 5.24 Å². The highest BCUT2D eigenvalue weighted by molar-refractivity contribution is 8.15. The molecule has 9 heteroatoms. The summed E-state index contributed by atoms with van der Waals surface area (Å²) in [7, 11) is 0. The molecule has 1 atom stereocenters. The third-order valence-electron chi connectivity index (χ3n) is 4.57. The number of benzene rings is 1. The monoisotopic (exact) mass is 425 g/mol. The van der Waals surface area contributed by atoms with Gasteiger partial charge in [0.1, 0.15) is 11.3 Å². The van der Waals surface area contributed by atoms with Crippen LogP contribution in [0.5, 0.6) is 5.75 Å². The molecule has 3 heterocycles. The Morgan fingerprint density at radius 2 is 2.10 bits per heavy atom. The Balaban J connectivity index is 1.63. The molecule has 1 fully saturated rings. The topological polar surface area (TPSA) is 109 Å². The van der Waals surface area contributed by atoms with E-state index in [1.807, 2.05) is 45.0 Å². The van der Waals surface area contributed by atoms with Gasteiger partial charge in [-0.3, -0.25) is 19.9 Å². The maximum atomic E-state index is 11.8. The van der Waals surface area contributed by atoms with Gasteiger partial charge in [-0.05, 0) is 51.0 Å². The largest absolute Gasteiger partial charge is 0.489 e. The number of fused-ring (bicyclic) bond motifs is 1. The SMILES string of the molecule is CCNc1nc2c(OC(C)C)cc(-c3ccc(CC4SC(=O)NC4=O)cn3)cc2[nH]1. The van der Waals surface area contributed by atoms with Crippen LogP contribution < -0.4 is 15.4 Å². The molecule has 156 valence electrons. The van der Waals surface area contributed by atoms with Gasteiger partial charge in [0.15, 0.2) is 0 Å². The molecule has 1 saturated heterocycles. The summed E-state index contributed by atoms with van der Waals surface area (Å²) in [5.74, 6) is 1.15. The zero-order valence-corrected chi connectivity index (χ0v) is 17.8. The van der Waals surface area contributed by atoms with Crippen molar-refractivity contribution in [3.05, 3.63) is 36.0 Å². The van der Waals surface area contributed by atoms with E-state index in [0.29, 0.717) is 18.1 Å². The van der Waals surface area contributed by atoms with E-state index in [9.17, 15) is 9.59 Å². The van der Waals surface area contributed by atoms with E-state index in [1.54, 1.807) is 6.20 Å². The lowest BCUT2D eigenvalue weighted by Crippen LogP contribution is -2.25. The summed E-state index contributed by atoms with van der Waals surface area (Å²) in [5.41, 5.74) is 4.22. The van der Waals surface area contributed by atoms with Gasteiger partial charge in [-0.25, -0.2) is 4.98 Å². The average molecular weight is 426 g/mol. The number of aromatic nitrogens is 3. The number of aromatic amines is 1. The van der Waals surface area contributed by atoms with Crippen molar-refractivity contribution in [2.24, 2.45) is 0 Å². The van der Waals surface area contributed by atoms with Crippen LogP contribution in [0.15, 0.2) is 30.5 Å². The lowest BCUT2D eigenvalue weighted by Gasteiger charge is -2.12. The second-order valence-electron chi connectivity index (χ2n) is 7.29. The van der Waals surface area contributed by atoms with Crippen molar-refractivity contribution in [2.75, 3.05) is 11.9 Å². The van der Waals surface area contributed by atoms with E-state index in [4.69, 9.17) is 4.74 Å². The van der Waals surface area contributed by atoms with Crippen molar-refractivity contribution >= 4 is 39.9 Å². The summed E-state index contributed by atoms with van der Waals surface area (Å²) in [4.78, 5) is 35.6. The van der Waals surface area contributed by atoms with Gasteiger partial charge < -0.3 is 15.0 Å². The summed E-state index contributed by atoms with van der Waals surface area (Å²) in [6.07, 6.45) is 2.22. The lowest BCUT2D eigenvalue weighted by molar-refractivity contribution is -0.118. The Morgan fingerprint density at radius 1 is 1.27 bits per heavy atom. The molecule has 0 bridgehead atoms. The molecule has 1 aromatic carbocycles. The van der Waals surface area contributed by atoms with Crippen molar-refractivity contribution < 1.29 is 14.3 Å². The average Bonchev–Trinajstić information content (AvgIpc) is 3.24. The number of H-pyrrole nitrogens is 1. The number of imide groups is 1. The number of imidazole rings is 1. The van der Waals surface area contributed by atoms with Crippen molar-refractivity contribution in [1.29, 1.82) is 0 Å². The van der Waals surface area contributed by atoms with E-state index in [0.717, 1.165) is 46.2 Å². The van der Waals surface area contributed by atoms with Crippen molar-refractivity contribution in [1.82, 2.24) is 20.3 Å². The van der Waals surface area contributed by atoms with E-state index in [1.165, 1.54) is 0 Å². The number of hydrogen-bond acceptors (Lipinski definition) is 7. The zero-order chi connectivity index (χ0) is 21.3. The number of carbonyl (C=O) groups is 2. The number of carbonyl (C=O) groups excluding carboxylic acids is 2. The van der Waals surface area contributed by atoms with Crippen LogP contribution in [-0.4, -0.2) is 44.0 Å². The summed E-state index contributed by atoms with van der Waals surface area (Å²) in [6, 6.07) is 7.79. The molecule has 4 rings (SSSR count). The predicted octanol–water partition coefficient (Wildman–Crippen LogP) is 3.74. The number of pyridine rings is 1. The van der Waals surface area contributed by atoms with Crippen molar-refractivity contribution in [3.8, 4) is 17.0 Å². The van der Waals surface area contributed by atoms with Gasteiger partial charge in [0, 0.05) is 18.3 Å². The minimum absolute atomic E-state index is 0.0100. The number of thioether (sulfide) groups is 1. The number of nitrogens with zero attached hydrogens (tertiary/aromatic N) is 2. The smallest absolute Gasteiger partial charge is 0.286 e. The Hall–Kier alpha value is -3.07. The number of nitrogens with one attached hydrogen (secondary N) is 3. The molecule has 3 N–H and O–H groups in total. The fourth-order valence-electron chi connectivity index (χ4n) is 3.29. The highest BCUT2D eigenvalue weighted by Crippen LogP contribution is 2.32. The molecule has 0 saturated carbocycles. The Bertz CT molecular complexity index is 1090. The number of ether oxygens (including phenoxy) is 1. The molecule has 0 radical (unpaired) electrons. The van der Waals surface area contributed by atoms with Crippen molar-refractivity contribution in [2.45, 2.75) is 38.5 Å². The highest BCUT2D eigenvalue weighted by atomic mass is 32.2. The first-order chi connectivity index (χ1) is 14.4. The second-order valence-corrected chi connectivity index (χ2v) is 8.47. The van der Waals surface area contributed by atoms with Crippen LogP contribution in [0, 0.1) is 0 Å². The van der Waals surface area contributed by atoms with Crippen LogP contribution in [-0.2, 0) is 11.2 Å². The molecule has 1 aliphatic rings. The van der Waals surface area contributed by atoms with Crippen LogP contribution in [0.25, 0.3) is 22.3 Å². The number of hydrogen-bond donors (Lipinski definition) is 3. The summed E-state index contributed by atoms with van der Waals surface area (Å²) in [6.45, 7) is 6.73. The fraction of sp³-hybridized carbons (Fsp3) is 0.333. The molecule has 2 amide bonds. The van der Waals surface area contributed by atoms with Gasteiger partial charge in [-0.15, -0.1) is 0 Å². The first-order valence-corrected chi connectivity index (χ1v) is 10.7. The number of anilines is 1. The van der Waals surface area contributed by atoms with Crippen LogP contribution >= 0.6 is 11.8 Å². The first-order valence-electron chi connectivity index (χ1n) is 9.84. The first kappa shape index (κ1) is 20.2. The van der Waals surface area contributed by atoms with Crippen LogP contribution in [0.1, 0.15) is 26.3 Å². The summed E-state index contributed by atoms with van der Waals surface area (Å²) < 4.78 is 6.00. The zero-order valence-electron chi connectivity index (χ0n) is 17.0. The van der Waals surface area contributed by atoms with E-state index in [2.05, 4.69) is 25.6 Å². The second kappa shape index (κ2) is 8.35. The molecule has 1 aliphatic heterocycles. The molecule has 3 aromatic rings. The minimum Gasteiger partial charge on any atom is -0.489 e. The highest BCUT2D eigenvalue weighted by Gasteiger charge is 2.31. The van der Waals surface area contributed by atoms with Crippen LogP contribution in [0.3, 0.4) is 0 Å². The molecule has 1 unspecified atom stereocenters. The quantitative estimate of drug-likeness (QED) is 0.529. The Morgan fingerprint density at radius 3 is 2.73 bits per heavy atom. The van der Waals surface area contributed by atoms with Gasteiger partial charge in [0.05, 0.1) is 22.6 Å². The third-order valence-corrected chi connectivity index (χ3v) is 5.55. The number of rotatable bonds is 7. The van der Waals surface area contributed by atoms with Gasteiger partial charge in [-0.2, -0.15) is 0 Å². The van der Waals surface area contributed by atoms with E-state index >= 15 is 0 Å². The van der Waals surface area contributed by atoms with Gasteiger partial charge in [-0.1, -0.05) is 17.8 Å². The van der Waals surface area contributed by atoms with Crippen LogP contribution in [0.2, 0.25) is 0 Å². The Labute approximate surface area is 178 Å². The number of amides is 2. The third kappa shape index (κ3) is 4.25. The standard InChI is InChI=1S/C21H23N5O3S/c1-4-22-20-24-15-8-13(9-16(18(15)25-20)29-11(2)3)14-6-5-12(10-23-14)7-17-19(27)26-21(28)30-17/h5-6,8-11,17H,4,7H2,1-3H3,(H2,22,24,25)(H,26,27,28). The molecule has 0 spiro atoms. The van der Waals surface area contributed by atoms with Gasteiger partial charge >= 0.3 is 0 Å².